The van der Waals surface area contributed by atoms with Crippen molar-refractivity contribution >= 4 is 5.78 Å². The first-order chi connectivity index (χ1) is 6.63. The quantitative estimate of drug-likeness (QED) is 0.720. The molecule has 1 unspecified atom stereocenters. The van der Waals surface area contributed by atoms with E-state index in [9.17, 15) is 4.79 Å². The van der Waals surface area contributed by atoms with Crippen molar-refractivity contribution in [2.45, 2.75) is 40.2 Å². The molecule has 1 aromatic heterocycles. The summed E-state index contributed by atoms with van der Waals surface area (Å²) in [5.41, 5.74) is 1.14. The molecule has 0 aliphatic heterocycles. The fraction of sp³-hybridized carbons (Fsp3) is 0.636. The maximum absolute atomic E-state index is 11.5. The zero-order chi connectivity index (χ0) is 10.6. The molecule has 0 saturated carbocycles. The molecule has 1 atom stereocenters. The van der Waals surface area contributed by atoms with E-state index in [1.165, 1.54) is 0 Å². The monoisotopic (exact) mass is 194 g/mol. The highest BCUT2D eigenvalue weighted by Gasteiger charge is 2.10. The molecular weight excluding hydrogens is 176 g/mol. The lowest BCUT2D eigenvalue weighted by atomic mass is 10.0. The van der Waals surface area contributed by atoms with Crippen LogP contribution in [-0.4, -0.2) is 15.6 Å². The molecule has 0 bridgehead atoms. The molecule has 0 spiro atoms. The molecule has 0 aromatic carbocycles. The van der Waals surface area contributed by atoms with Crippen LogP contribution in [0.3, 0.4) is 0 Å². The van der Waals surface area contributed by atoms with Crippen LogP contribution in [0.5, 0.6) is 0 Å². The van der Waals surface area contributed by atoms with Crippen molar-refractivity contribution < 1.29 is 4.79 Å². The lowest BCUT2D eigenvalue weighted by Crippen LogP contribution is -2.13. The molecule has 0 aliphatic rings. The second-order valence-corrected chi connectivity index (χ2v) is 3.81. The van der Waals surface area contributed by atoms with Crippen molar-refractivity contribution in [3.8, 4) is 0 Å². The van der Waals surface area contributed by atoms with Gasteiger partial charge in [-0.1, -0.05) is 13.8 Å². The van der Waals surface area contributed by atoms with Crippen molar-refractivity contribution in [2.75, 3.05) is 0 Å². The van der Waals surface area contributed by atoms with Crippen molar-refractivity contribution in [3.63, 3.8) is 0 Å². The van der Waals surface area contributed by atoms with Gasteiger partial charge in [-0.05, 0) is 18.9 Å². The second kappa shape index (κ2) is 4.94. The summed E-state index contributed by atoms with van der Waals surface area (Å²) < 4.78 is 1.83. The first kappa shape index (κ1) is 11.0. The fourth-order valence-electron chi connectivity index (χ4n) is 1.29. The average Bonchev–Trinajstić information content (AvgIpc) is 2.59. The van der Waals surface area contributed by atoms with Gasteiger partial charge in [0.2, 0.25) is 0 Å². The largest absolute Gasteiger partial charge is 0.299 e. The topological polar surface area (TPSA) is 34.9 Å². The number of aryl methyl sites for hydroxylation is 2. The SMILES string of the molecule is CCC(C)C(=O)CCn1cc(C)cn1. The number of ketones is 1. The van der Waals surface area contributed by atoms with Gasteiger partial charge in [-0.3, -0.25) is 9.48 Å². The third kappa shape index (κ3) is 2.98. The van der Waals surface area contributed by atoms with Crippen LogP contribution in [0.4, 0.5) is 0 Å². The average molecular weight is 194 g/mol. The normalized spacial score (nSPS) is 12.8. The van der Waals surface area contributed by atoms with Gasteiger partial charge in [0.25, 0.3) is 0 Å². The van der Waals surface area contributed by atoms with Gasteiger partial charge in [-0.2, -0.15) is 5.10 Å². The van der Waals surface area contributed by atoms with Crippen molar-refractivity contribution in [1.29, 1.82) is 0 Å². The molecule has 14 heavy (non-hydrogen) atoms. The van der Waals surface area contributed by atoms with Crippen LogP contribution in [0.1, 0.15) is 32.3 Å². The van der Waals surface area contributed by atoms with E-state index in [1.807, 2.05) is 37.8 Å². The number of rotatable bonds is 5. The summed E-state index contributed by atoms with van der Waals surface area (Å²) in [5, 5.41) is 4.14. The number of nitrogens with zero attached hydrogens (tertiary/aromatic N) is 2. The van der Waals surface area contributed by atoms with Crippen molar-refractivity contribution in [2.24, 2.45) is 5.92 Å². The number of hydrogen-bond donors (Lipinski definition) is 0. The predicted molar refractivity (Wildman–Crippen MR) is 56.0 cm³/mol. The van der Waals surface area contributed by atoms with Crippen LogP contribution in [0.25, 0.3) is 0 Å². The Hall–Kier alpha value is -1.12. The third-order valence-electron chi connectivity index (χ3n) is 2.51. The number of Topliss-reactive ketones (excluding diaryl/α,β-unsaturated/α-hetero) is 1. The summed E-state index contributed by atoms with van der Waals surface area (Å²) in [5.74, 6) is 0.521. The Labute approximate surface area is 85.1 Å². The molecular formula is C11H18N2O. The van der Waals surface area contributed by atoms with Crippen LogP contribution >= 0.6 is 0 Å². The maximum atomic E-state index is 11.5. The first-order valence-electron chi connectivity index (χ1n) is 5.15. The van der Waals surface area contributed by atoms with E-state index in [0.717, 1.165) is 12.0 Å². The molecule has 0 N–H and O–H groups in total. The molecule has 0 saturated heterocycles. The van der Waals surface area contributed by atoms with Crippen molar-refractivity contribution in [1.82, 2.24) is 9.78 Å². The summed E-state index contributed by atoms with van der Waals surface area (Å²) in [6.07, 6.45) is 5.30. The molecule has 3 nitrogen and oxygen atoms in total. The third-order valence-corrected chi connectivity index (χ3v) is 2.51. The smallest absolute Gasteiger partial charge is 0.137 e. The van der Waals surface area contributed by atoms with Gasteiger partial charge >= 0.3 is 0 Å². The van der Waals surface area contributed by atoms with Gasteiger partial charge < -0.3 is 0 Å². The minimum atomic E-state index is 0.187. The first-order valence-corrected chi connectivity index (χ1v) is 5.15. The molecule has 0 amide bonds. The minimum absolute atomic E-state index is 0.187. The minimum Gasteiger partial charge on any atom is -0.299 e. The van der Waals surface area contributed by atoms with E-state index >= 15 is 0 Å². The molecule has 78 valence electrons. The van der Waals surface area contributed by atoms with E-state index in [4.69, 9.17) is 0 Å². The number of hydrogen-bond acceptors (Lipinski definition) is 2. The lowest BCUT2D eigenvalue weighted by Gasteiger charge is -2.06. The van der Waals surface area contributed by atoms with E-state index in [1.54, 1.807) is 0 Å². The number of aromatic nitrogens is 2. The van der Waals surface area contributed by atoms with Crippen LogP contribution in [0.2, 0.25) is 0 Å². The van der Waals surface area contributed by atoms with E-state index in [0.29, 0.717) is 18.7 Å². The Bertz CT molecular complexity index is 304. The highest BCUT2D eigenvalue weighted by molar-refractivity contribution is 5.80. The summed E-state index contributed by atoms with van der Waals surface area (Å²) in [7, 11) is 0. The van der Waals surface area contributed by atoms with Crippen LogP contribution in [0.15, 0.2) is 12.4 Å². The molecule has 1 aromatic rings. The Kier molecular flexibility index (Phi) is 3.86. The summed E-state index contributed by atoms with van der Waals surface area (Å²) in [4.78, 5) is 11.5. The zero-order valence-corrected chi connectivity index (χ0v) is 9.16. The van der Waals surface area contributed by atoms with E-state index in [-0.39, 0.29) is 5.92 Å². The van der Waals surface area contributed by atoms with Gasteiger partial charge in [-0.15, -0.1) is 0 Å². The number of carbonyl (C=O) groups is 1. The maximum Gasteiger partial charge on any atom is 0.137 e. The van der Waals surface area contributed by atoms with Gasteiger partial charge in [-0.25, -0.2) is 0 Å². The van der Waals surface area contributed by atoms with Crippen LogP contribution in [0, 0.1) is 12.8 Å². The van der Waals surface area contributed by atoms with E-state index in [2.05, 4.69) is 5.10 Å². The molecule has 0 aliphatic carbocycles. The number of carbonyl (C=O) groups excluding carboxylic acids is 1. The lowest BCUT2D eigenvalue weighted by molar-refractivity contribution is -0.122. The highest BCUT2D eigenvalue weighted by Crippen LogP contribution is 2.06. The summed E-state index contributed by atoms with van der Waals surface area (Å²) in [6.45, 7) is 6.73. The highest BCUT2D eigenvalue weighted by atomic mass is 16.1. The standard InChI is InChI=1S/C11H18N2O/c1-4-10(3)11(14)5-6-13-8-9(2)7-12-13/h7-8,10H,4-6H2,1-3H3. The predicted octanol–water partition coefficient (Wildman–Crippen LogP) is 2.20. The Morgan fingerprint density at radius 1 is 1.64 bits per heavy atom. The fourth-order valence-corrected chi connectivity index (χ4v) is 1.29. The summed E-state index contributed by atoms with van der Waals surface area (Å²) >= 11 is 0. The van der Waals surface area contributed by atoms with Crippen molar-refractivity contribution in [3.05, 3.63) is 18.0 Å². The Morgan fingerprint density at radius 3 is 2.86 bits per heavy atom. The molecule has 0 radical (unpaired) electrons. The van der Waals surface area contributed by atoms with Crippen LogP contribution in [-0.2, 0) is 11.3 Å². The van der Waals surface area contributed by atoms with Gasteiger partial charge in [0, 0.05) is 25.1 Å². The molecule has 1 rings (SSSR count). The second-order valence-electron chi connectivity index (χ2n) is 3.81. The molecule has 1 heterocycles. The van der Waals surface area contributed by atoms with Crippen LogP contribution < -0.4 is 0 Å². The summed E-state index contributed by atoms with van der Waals surface area (Å²) in [6, 6.07) is 0. The van der Waals surface area contributed by atoms with Gasteiger partial charge in [0.05, 0.1) is 6.20 Å². The van der Waals surface area contributed by atoms with E-state index < -0.39 is 0 Å². The zero-order valence-electron chi connectivity index (χ0n) is 9.16. The molecule has 0 fully saturated rings. The van der Waals surface area contributed by atoms with Gasteiger partial charge in [0.1, 0.15) is 5.78 Å². The van der Waals surface area contributed by atoms with Gasteiger partial charge in [0.15, 0.2) is 0 Å². The Balaban J connectivity index is 2.37. The Morgan fingerprint density at radius 2 is 2.36 bits per heavy atom. The molecule has 3 heteroatoms.